The fourth-order valence-electron chi connectivity index (χ4n) is 2.06. The van der Waals surface area contributed by atoms with E-state index in [9.17, 15) is 4.79 Å². The first-order chi connectivity index (χ1) is 8.97. The Morgan fingerprint density at radius 2 is 2.32 bits per heavy atom. The molecule has 1 amide bonds. The molecule has 0 saturated carbocycles. The highest BCUT2D eigenvalue weighted by atomic mass is 16.5. The lowest BCUT2D eigenvalue weighted by Gasteiger charge is -2.39. The zero-order valence-corrected chi connectivity index (χ0v) is 11.7. The van der Waals surface area contributed by atoms with E-state index in [-0.39, 0.29) is 17.4 Å². The molecule has 1 fully saturated rings. The molecule has 106 valence electrons. The van der Waals surface area contributed by atoms with Crippen LogP contribution in [-0.2, 0) is 16.0 Å². The molecule has 1 aliphatic rings. The summed E-state index contributed by atoms with van der Waals surface area (Å²) in [5.74, 6) is 0.705. The van der Waals surface area contributed by atoms with Gasteiger partial charge in [0.1, 0.15) is 0 Å². The number of morpholine rings is 1. The van der Waals surface area contributed by atoms with Crippen molar-refractivity contribution in [3.05, 3.63) is 5.82 Å². The Hall–Kier alpha value is -1.50. The van der Waals surface area contributed by atoms with Gasteiger partial charge in [-0.1, -0.05) is 26.0 Å². The van der Waals surface area contributed by atoms with Gasteiger partial charge in [0.25, 0.3) is 0 Å². The monoisotopic (exact) mass is 267 g/mol. The van der Waals surface area contributed by atoms with Crippen LogP contribution in [0.2, 0.25) is 0 Å². The maximum atomic E-state index is 12.2. The van der Waals surface area contributed by atoms with Crippen LogP contribution in [0.5, 0.6) is 0 Å². The van der Waals surface area contributed by atoms with E-state index in [4.69, 9.17) is 4.74 Å². The molecule has 1 aliphatic heterocycles. The third-order valence-electron chi connectivity index (χ3n) is 3.34. The summed E-state index contributed by atoms with van der Waals surface area (Å²) in [6, 6.07) is 0. The van der Waals surface area contributed by atoms with Crippen molar-refractivity contribution in [1.82, 2.24) is 25.5 Å². The summed E-state index contributed by atoms with van der Waals surface area (Å²) in [6.45, 7) is 8.32. The second kappa shape index (κ2) is 5.64. The lowest BCUT2D eigenvalue weighted by molar-refractivity contribution is -0.143. The molecule has 1 saturated heterocycles. The van der Waals surface area contributed by atoms with Crippen LogP contribution in [-0.4, -0.2) is 57.2 Å². The maximum absolute atomic E-state index is 12.2. The van der Waals surface area contributed by atoms with Crippen LogP contribution in [0.15, 0.2) is 0 Å². The highest BCUT2D eigenvalue weighted by Gasteiger charge is 2.32. The number of H-pyrrole nitrogens is 1. The number of rotatable bonds is 3. The minimum Gasteiger partial charge on any atom is -0.374 e. The zero-order valence-electron chi connectivity index (χ0n) is 11.7. The van der Waals surface area contributed by atoms with Gasteiger partial charge in [0.15, 0.2) is 5.82 Å². The molecule has 0 aliphatic carbocycles. The van der Waals surface area contributed by atoms with Crippen molar-refractivity contribution in [3.8, 4) is 0 Å². The van der Waals surface area contributed by atoms with Gasteiger partial charge in [-0.15, -0.1) is 10.2 Å². The van der Waals surface area contributed by atoms with Crippen molar-refractivity contribution >= 4 is 5.91 Å². The molecule has 1 aromatic heterocycles. The molecule has 7 heteroatoms. The molecule has 2 heterocycles. The standard InChI is InChI=1S/C12H21N5O2/c1-12(2,3)9-8-17(6-7-19-9)11(18)5-4-10-13-15-16-14-10/h9H,4-8H2,1-3H3,(H,13,14,15,16). The van der Waals surface area contributed by atoms with E-state index in [1.807, 2.05) is 4.90 Å². The quantitative estimate of drug-likeness (QED) is 0.857. The summed E-state index contributed by atoms with van der Waals surface area (Å²) in [5.41, 5.74) is 0.0482. The summed E-state index contributed by atoms with van der Waals surface area (Å²) < 4.78 is 5.74. The number of tetrazole rings is 1. The Balaban J connectivity index is 1.85. The van der Waals surface area contributed by atoms with Crippen LogP contribution in [0.1, 0.15) is 33.0 Å². The zero-order chi connectivity index (χ0) is 13.9. The molecule has 0 spiro atoms. The fraction of sp³-hybridized carbons (Fsp3) is 0.833. The van der Waals surface area contributed by atoms with Gasteiger partial charge in [0.05, 0.1) is 12.7 Å². The predicted molar refractivity (Wildman–Crippen MR) is 68.3 cm³/mol. The first-order valence-corrected chi connectivity index (χ1v) is 6.58. The van der Waals surface area contributed by atoms with Crippen molar-refractivity contribution < 1.29 is 9.53 Å². The van der Waals surface area contributed by atoms with E-state index >= 15 is 0 Å². The molecular weight excluding hydrogens is 246 g/mol. The van der Waals surface area contributed by atoms with E-state index in [1.54, 1.807) is 0 Å². The largest absolute Gasteiger partial charge is 0.374 e. The van der Waals surface area contributed by atoms with Gasteiger partial charge < -0.3 is 9.64 Å². The number of hydrogen-bond donors (Lipinski definition) is 1. The van der Waals surface area contributed by atoms with Crippen LogP contribution in [0, 0.1) is 5.41 Å². The molecule has 0 aromatic carbocycles. The number of hydrogen-bond acceptors (Lipinski definition) is 5. The first kappa shape index (κ1) is 13.9. The van der Waals surface area contributed by atoms with Gasteiger partial charge in [0, 0.05) is 25.9 Å². The lowest BCUT2D eigenvalue weighted by atomic mass is 9.88. The number of ether oxygens (including phenoxy) is 1. The molecule has 7 nitrogen and oxygen atoms in total. The molecule has 2 rings (SSSR count). The number of nitrogens with zero attached hydrogens (tertiary/aromatic N) is 4. The Morgan fingerprint density at radius 1 is 1.53 bits per heavy atom. The second-order valence-electron chi connectivity index (χ2n) is 5.89. The van der Waals surface area contributed by atoms with Crippen molar-refractivity contribution in [2.24, 2.45) is 5.41 Å². The number of aromatic nitrogens is 4. The van der Waals surface area contributed by atoms with E-state index in [0.29, 0.717) is 38.4 Å². The van der Waals surface area contributed by atoms with Gasteiger partial charge in [-0.2, -0.15) is 5.21 Å². The molecule has 0 bridgehead atoms. The van der Waals surface area contributed by atoms with Crippen molar-refractivity contribution in [1.29, 1.82) is 0 Å². The van der Waals surface area contributed by atoms with Crippen LogP contribution >= 0.6 is 0 Å². The van der Waals surface area contributed by atoms with Gasteiger partial charge in [-0.05, 0) is 5.41 Å². The average Bonchev–Trinajstić information content (AvgIpc) is 2.88. The number of nitrogens with one attached hydrogen (secondary N) is 1. The van der Waals surface area contributed by atoms with Crippen molar-refractivity contribution in [2.45, 2.75) is 39.7 Å². The smallest absolute Gasteiger partial charge is 0.223 e. The minimum absolute atomic E-state index is 0.0482. The van der Waals surface area contributed by atoms with Gasteiger partial charge in [0.2, 0.25) is 5.91 Å². The number of carbonyl (C=O) groups excluding carboxylic acids is 1. The van der Waals surface area contributed by atoms with Crippen molar-refractivity contribution in [3.63, 3.8) is 0 Å². The molecule has 1 aromatic rings. The van der Waals surface area contributed by atoms with Crippen molar-refractivity contribution in [2.75, 3.05) is 19.7 Å². The molecule has 19 heavy (non-hydrogen) atoms. The third kappa shape index (κ3) is 3.73. The lowest BCUT2D eigenvalue weighted by Crippen LogP contribution is -2.50. The molecule has 1 unspecified atom stereocenters. The molecule has 0 radical (unpaired) electrons. The first-order valence-electron chi connectivity index (χ1n) is 6.58. The summed E-state index contributed by atoms with van der Waals surface area (Å²) in [7, 11) is 0. The summed E-state index contributed by atoms with van der Waals surface area (Å²) in [5, 5.41) is 13.6. The topological polar surface area (TPSA) is 84.0 Å². The van der Waals surface area contributed by atoms with Gasteiger partial charge >= 0.3 is 0 Å². The summed E-state index contributed by atoms with van der Waals surface area (Å²) >= 11 is 0. The highest BCUT2D eigenvalue weighted by Crippen LogP contribution is 2.25. The van der Waals surface area contributed by atoms with E-state index in [2.05, 4.69) is 41.4 Å². The molecular formula is C12H21N5O2. The average molecular weight is 267 g/mol. The van der Waals surface area contributed by atoms with E-state index < -0.39 is 0 Å². The number of carbonyl (C=O) groups is 1. The van der Waals surface area contributed by atoms with Crippen LogP contribution in [0.4, 0.5) is 0 Å². The highest BCUT2D eigenvalue weighted by molar-refractivity contribution is 5.76. The van der Waals surface area contributed by atoms with E-state index in [1.165, 1.54) is 0 Å². The molecule has 1 atom stereocenters. The predicted octanol–water partition coefficient (Wildman–Crippen LogP) is 0.406. The maximum Gasteiger partial charge on any atom is 0.223 e. The Bertz CT molecular complexity index is 412. The number of aromatic amines is 1. The third-order valence-corrected chi connectivity index (χ3v) is 3.34. The van der Waals surface area contributed by atoms with Crippen LogP contribution < -0.4 is 0 Å². The minimum atomic E-state index is 0.0482. The van der Waals surface area contributed by atoms with Gasteiger partial charge in [-0.3, -0.25) is 4.79 Å². The normalized spacial score (nSPS) is 20.6. The molecule has 1 N–H and O–H groups in total. The fourth-order valence-corrected chi connectivity index (χ4v) is 2.06. The Morgan fingerprint density at radius 3 is 2.95 bits per heavy atom. The summed E-state index contributed by atoms with van der Waals surface area (Å²) in [4.78, 5) is 14.0. The summed E-state index contributed by atoms with van der Waals surface area (Å²) in [6.07, 6.45) is 1.03. The van der Waals surface area contributed by atoms with E-state index in [0.717, 1.165) is 0 Å². The Kier molecular flexibility index (Phi) is 4.14. The van der Waals surface area contributed by atoms with Crippen LogP contribution in [0.3, 0.4) is 0 Å². The van der Waals surface area contributed by atoms with Gasteiger partial charge in [-0.25, -0.2) is 0 Å². The van der Waals surface area contributed by atoms with Crippen LogP contribution in [0.25, 0.3) is 0 Å². The number of amides is 1. The Labute approximate surface area is 112 Å². The number of aryl methyl sites for hydroxylation is 1. The SMILES string of the molecule is CC(C)(C)C1CN(C(=O)CCc2nn[nH]n2)CCO1. The second-order valence-corrected chi connectivity index (χ2v) is 5.89.